The van der Waals surface area contributed by atoms with Crippen LogP contribution in [-0.4, -0.2) is 56.5 Å². The predicted molar refractivity (Wildman–Crippen MR) is 105 cm³/mol. The Bertz CT molecular complexity index is 518. The van der Waals surface area contributed by atoms with Gasteiger partial charge < -0.3 is 16.0 Å². The first-order valence-electron chi connectivity index (χ1n) is 9.02. The highest BCUT2D eigenvalue weighted by atomic mass is 16.1. The number of hydrogen-bond acceptors (Lipinski definition) is 3. The number of carbonyl (C=O) groups excluding carboxylic acids is 1. The molecule has 6 heteroatoms. The monoisotopic (exact) mass is 347 g/mol. The van der Waals surface area contributed by atoms with Gasteiger partial charge in [-0.05, 0) is 32.4 Å². The Labute approximate surface area is 152 Å². The van der Waals surface area contributed by atoms with Crippen LogP contribution in [0.2, 0.25) is 0 Å². The van der Waals surface area contributed by atoms with E-state index in [9.17, 15) is 4.79 Å². The Hall–Kier alpha value is -2.08. The van der Waals surface area contributed by atoms with E-state index < -0.39 is 0 Å². The molecule has 0 spiro atoms. The van der Waals surface area contributed by atoms with Crippen LogP contribution in [0.25, 0.3) is 0 Å². The Balaban J connectivity index is 2.25. The first-order chi connectivity index (χ1) is 12.1. The fraction of sp³-hybridized carbons (Fsp3) is 0.579. The second kappa shape index (κ2) is 12.3. The lowest BCUT2D eigenvalue weighted by atomic mass is 10.1. The van der Waals surface area contributed by atoms with Crippen molar-refractivity contribution in [3.8, 4) is 0 Å². The minimum atomic E-state index is -0.0132. The smallest absolute Gasteiger partial charge is 0.239 e. The van der Waals surface area contributed by atoms with Crippen LogP contribution in [0.3, 0.4) is 0 Å². The maximum absolute atomic E-state index is 11.6. The SMILES string of the molecule is CCCNC(=O)CNC(=NC)NCCC(C)N(C)Cc1ccccc1. The van der Waals surface area contributed by atoms with E-state index in [1.54, 1.807) is 7.05 Å². The number of rotatable bonds is 10. The molecular weight excluding hydrogens is 314 g/mol. The van der Waals surface area contributed by atoms with Gasteiger partial charge in [-0.2, -0.15) is 0 Å². The Morgan fingerprint density at radius 1 is 1.16 bits per heavy atom. The van der Waals surface area contributed by atoms with E-state index in [4.69, 9.17) is 0 Å². The van der Waals surface area contributed by atoms with Crippen molar-refractivity contribution >= 4 is 11.9 Å². The number of nitrogens with one attached hydrogen (secondary N) is 3. The van der Waals surface area contributed by atoms with E-state index in [2.05, 4.69) is 64.1 Å². The standard InChI is InChI=1S/C19H33N5O/c1-5-12-21-18(25)14-23-19(20-3)22-13-11-16(2)24(4)15-17-9-7-6-8-10-17/h6-10,16H,5,11-15H2,1-4H3,(H,21,25)(H2,20,22,23). The highest BCUT2D eigenvalue weighted by molar-refractivity contribution is 5.86. The molecule has 0 heterocycles. The molecule has 1 aromatic rings. The number of amides is 1. The molecule has 0 aliphatic carbocycles. The molecule has 1 unspecified atom stereocenters. The molecule has 0 aromatic heterocycles. The van der Waals surface area contributed by atoms with Gasteiger partial charge in [-0.15, -0.1) is 0 Å². The number of hydrogen-bond donors (Lipinski definition) is 3. The Morgan fingerprint density at radius 2 is 1.88 bits per heavy atom. The fourth-order valence-corrected chi connectivity index (χ4v) is 2.36. The van der Waals surface area contributed by atoms with Crippen LogP contribution >= 0.6 is 0 Å². The summed E-state index contributed by atoms with van der Waals surface area (Å²) in [4.78, 5) is 18.1. The molecule has 0 bridgehead atoms. The largest absolute Gasteiger partial charge is 0.356 e. The van der Waals surface area contributed by atoms with Crippen LogP contribution < -0.4 is 16.0 Å². The van der Waals surface area contributed by atoms with Gasteiger partial charge in [0.2, 0.25) is 5.91 Å². The molecule has 0 aliphatic rings. The van der Waals surface area contributed by atoms with Gasteiger partial charge in [-0.3, -0.25) is 14.7 Å². The molecule has 1 rings (SSSR count). The van der Waals surface area contributed by atoms with Crippen LogP contribution in [0.15, 0.2) is 35.3 Å². The van der Waals surface area contributed by atoms with E-state index in [0.29, 0.717) is 18.5 Å². The van der Waals surface area contributed by atoms with Crippen molar-refractivity contribution in [2.75, 3.05) is 33.7 Å². The zero-order chi connectivity index (χ0) is 18.5. The maximum atomic E-state index is 11.6. The van der Waals surface area contributed by atoms with Gasteiger partial charge in [-0.25, -0.2) is 0 Å². The summed E-state index contributed by atoms with van der Waals surface area (Å²) in [5.74, 6) is 0.644. The van der Waals surface area contributed by atoms with Crippen molar-refractivity contribution in [1.82, 2.24) is 20.9 Å². The number of carbonyl (C=O) groups is 1. The molecule has 25 heavy (non-hydrogen) atoms. The van der Waals surface area contributed by atoms with Gasteiger partial charge in [0.25, 0.3) is 0 Å². The minimum absolute atomic E-state index is 0.0132. The summed E-state index contributed by atoms with van der Waals surface area (Å²) < 4.78 is 0. The summed E-state index contributed by atoms with van der Waals surface area (Å²) in [6, 6.07) is 10.9. The summed E-state index contributed by atoms with van der Waals surface area (Å²) in [7, 11) is 3.85. The van der Waals surface area contributed by atoms with Crippen molar-refractivity contribution in [2.24, 2.45) is 4.99 Å². The van der Waals surface area contributed by atoms with Crippen LogP contribution in [0.5, 0.6) is 0 Å². The Morgan fingerprint density at radius 3 is 2.52 bits per heavy atom. The lowest BCUT2D eigenvalue weighted by molar-refractivity contribution is -0.120. The molecular formula is C19H33N5O. The average Bonchev–Trinajstić information content (AvgIpc) is 2.63. The summed E-state index contributed by atoms with van der Waals surface area (Å²) >= 11 is 0. The first-order valence-corrected chi connectivity index (χ1v) is 9.02. The van der Waals surface area contributed by atoms with E-state index in [0.717, 1.165) is 25.9 Å². The molecule has 0 saturated carbocycles. The second-order valence-electron chi connectivity index (χ2n) is 6.24. The molecule has 0 fully saturated rings. The number of aliphatic imine (C=N–C) groups is 1. The average molecular weight is 348 g/mol. The third kappa shape index (κ3) is 9.10. The second-order valence-corrected chi connectivity index (χ2v) is 6.24. The van der Waals surface area contributed by atoms with Gasteiger partial charge in [-0.1, -0.05) is 37.3 Å². The molecule has 1 amide bonds. The zero-order valence-electron chi connectivity index (χ0n) is 16.0. The molecule has 0 aliphatic heterocycles. The van der Waals surface area contributed by atoms with Gasteiger partial charge >= 0.3 is 0 Å². The Kier molecular flexibility index (Phi) is 10.3. The first kappa shape index (κ1) is 21.0. The predicted octanol–water partition coefficient (Wildman–Crippen LogP) is 1.59. The summed E-state index contributed by atoms with van der Waals surface area (Å²) in [5.41, 5.74) is 1.32. The quantitative estimate of drug-likeness (QED) is 0.444. The van der Waals surface area contributed by atoms with E-state index in [1.807, 2.05) is 13.0 Å². The molecule has 0 radical (unpaired) electrons. The molecule has 1 aromatic carbocycles. The zero-order valence-corrected chi connectivity index (χ0v) is 16.0. The van der Waals surface area contributed by atoms with Gasteiger partial charge in [0.05, 0.1) is 6.54 Å². The summed E-state index contributed by atoms with van der Waals surface area (Å²) in [5, 5.41) is 9.13. The third-order valence-corrected chi connectivity index (χ3v) is 4.09. The van der Waals surface area contributed by atoms with Crippen molar-refractivity contribution in [3.63, 3.8) is 0 Å². The lowest BCUT2D eigenvalue weighted by Crippen LogP contribution is -2.44. The normalized spacial score (nSPS) is 12.8. The molecule has 140 valence electrons. The molecule has 0 saturated heterocycles. The van der Waals surface area contributed by atoms with Crippen molar-refractivity contribution in [3.05, 3.63) is 35.9 Å². The maximum Gasteiger partial charge on any atom is 0.239 e. The van der Waals surface area contributed by atoms with Crippen molar-refractivity contribution in [2.45, 2.75) is 39.3 Å². The summed E-state index contributed by atoms with van der Waals surface area (Å²) in [6.45, 7) is 6.94. The van der Waals surface area contributed by atoms with Gasteiger partial charge in [0.1, 0.15) is 0 Å². The number of benzene rings is 1. The molecule has 6 nitrogen and oxygen atoms in total. The number of nitrogens with zero attached hydrogens (tertiary/aromatic N) is 2. The van der Waals surface area contributed by atoms with E-state index in [1.165, 1.54) is 5.56 Å². The fourth-order valence-electron chi connectivity index (χ4n) is 2.36. The highest BCUT2D eigenvalue weighted by Gasteiger charge is 2.10. The third-order valence-electron chi connectivity index (χ3n) is 4.09. The molecule has 3 N–H and O–H groups in total. The topological polar surface area (TPSA) is 68.8 Å². The van der Waals surface area contributed by atoms with Crippen LogP contribution in [0.4, 0.5) is 0 Å². The summed E-state index contributed by atoms with van der Waals surface area (Å²) in [6.07, 6.45) is 1.93. The number of guanidine groups is 1. The molecule has 1 atom stereocenters. The van der Waals surface area contributed by atoms with Gasteiger partial charge in [0, 0.05) is 32.7 Å². The highest BCUT2D eigenvalue weighted by Crippen LogP contribution is 2.07. The lowest BCUT2D eigenvalue weighted by Gasteiger charge is -2.25. The van der Waals surface area contributed by atoms with E-state index >= 15 is 0 Å². The van der Waals surface area contributed by atoms with Crippen molar-refractivity contribution in [1.29, 1.82) is 0 Å². The van der Waals surface area contributed by atoms with E-state index in [-0.39, 0.29) is 12.5 Å². The van der Waals surface area contributed by atoms with Gasteiger partial charge in [0.15, 0.2) is 5.96 Å². The van der Waals surface area contributed by atoms with Crippen LogP contribution in [0, 0.1) is 0 Å². The van der Waals surface area contributed by atoms with Crippen LogP contribution in [0.1, 0.15) is 32.3 Å². The van der Waals surface area contributed by atoms with Crippen LogP contribution in [-0.2, 0) is 11.3 Å². The van der Waals surface area contributed by atoms with Crippen molar-refractivity contribution < 1.29 is 4.79 Å². The minimum Gasteiger partial charge on any atom is -0.356 e.